The molecule has 1 saturated heterocycles. The standard InChI is InChI=1S/C20H25N3O/c1-20(2)12-16-11-15(6-7-18(16)24-20)13-22-17-8-10-23(14-17)19-5-3-4-9-21-19/h3-7,9,11,17,22H,8,10,12-14H2,1-2H3. The number of fused-ring (bicyclic) bond motifs is 1. The van der Waals surface area contributed by atoms with Gasteiger partial charge in [0.15, 0.2) is 0 Å². The van der Waals surface area contributed by atoms with E-state index >= 15 is 0 Å². The van der Waals surface area contributed by atoms with Crippen molar-refractivity contribution in [3.8, 4) is 5.75 Å². The van der Waals surface area contributed by atoms with Crippen LogP contribution in [-0.2, 0) is 13.0 Å². The van der Waals surface area contributed by atoms with Crippen molar-refractivity contribution in [1.29, 1.82) is 0 Å². The molecule has 0 spiro atoms. The van der Waals surface area contributed by atoms with Gasteiger partial charge < -0.3 is 15.0 Å². The summed E-state index contributed by atoms with van der Waals surface area (Å²) in [6.07, 6.45) is 4.02. The second kappa shape index (κ2) is 6.10. The molecule has 3 heterocycles. The third kappa shape index (κ3) is 3.24. The van der Waals surface area contributed by atoms with Gasteiger partial charge in [0.25, 0.3) is 0 Å². The monoisotopic (exact) mass is 323 g/mol. The van der Waals surface area contributed by atoms with Crippen molar-refractivity contribution in [1.82, 2.24) is 10.3 Å². The first-order valence-electron chi connectivity index (χ1n) is 8.79. The van der Waals surface area contributed by atoms with Crippen LogP contribution in [0, 0.1) is 0 Å². The lowest BCUT2D eigenvalue weighted by molar-refractivity contribution is 0.138. The lowest BCUT2D eigenvalue weighted by atomic mass is 10.00. The largest absolute Gasteiger partial charge is 0.487 e. The van der Waals surface area contributed by atoms with Crippen LogP contribution in [0.4, 0.5) is 5.82 Å². The van der Waals surface area contributed by atoms with Gasteiger partial charge in [0, 0.05) is 38.3 Å². The van der Waals surface area contributed by atoms with Gasteiger partial charge in [-0.05, 0) is 49.6 Å². The summed E-state index contributed by atoms with van der Waals surface area (Å²) in [4.78, 5) is 6.81. The number of hydrogen-bond donors (Lipinski definition) is 1. The van der Waals surface area contributed by atoms with Crippen LogP contribution < -0.4 is 15.0 Å². The van der Waals surface area contributed by atoms with E-state index in [-0.39, 0.29) is 5.60 Å². The zero-order valence-electron chi connectivity index (χ0n) is 14.5. The van der Waals surface area contributed by atoms with E-state index in [1.165, 1.54) is 11.1 Å². The van der Waals surface area contributed by atoms with Crippen molar-refractivity contribution >= 4 is 5.82 Å². The SMILES string of the molecule is CC1(C)Cc2cc(CNC3CCN(c4ccccn4)C3)ccc2O1. The lowest BCUT2D eigenvalue weighted by Crippen LogP contribution is -2.32. The molecule has 0 radical (unpaired) electrons. The van der Waals surface area contributed by atoms with Gasteiger partial charge in [-0.3, -0.25) is 0 Å². The summed E-state index contributed by atoms with van der Waals surface area (Å²) in [5.74, 6) is 2.13. The number of pyridine rings is 1. The number of nitrogens with zero attached hydrogens (tertiary/aromatic N) is 2. The Morgan fingerprint density at radius 3 is 3.04 bits per heavy atom. The number of benzene rings is 1. The van der Waals surface area contributed by atoms with E-state index in [4.69, 9.17) is 4.74 Å². The Labute approximate surface area is 143 Å². The average Bonchev–Trinajstić information content (AvgIpc) is 3.16. The van der Waals surface area contributed by atoms with Gasteiger partial charge in [-0.1, -0.05) is 18.2 Å². The molecule has 1 aromatic carbocycles. The third-order valence-electron chi connectivity index (χ3n) is 4.88. The zero-order valence-corrected chi connectivity index (χ0v) is 14.5. The van der Waals surface area contributed by atoms with Crippen LogP contribution in [0.1, 0.15) is 31.4 Å². The number of nitrogens with one attached hydrogen (secondary N) is 1. The fourth-order valence-electron chi connectivity index (χ4n) is 3.71. The summed E-state index contributed by atoms with van der Waals surface area (Å²) in [6, 6.07) is 13.2. The summed E-state index contributed by atoms with van der Waals surface area (Å²) in [6.45, 7) is 7.30. The van der Waals surface area contributed by atoms with E-state index in [0.717, 1.165) is 44.0 Å². The summed E-state index contributed by atoms with van der Waals surface area (Å²) in [5.41, 5.74) is 2.61. The highest BCUT2D eigenvalue weighted by atomic mass is 16.5. The van der Waals surface area contributed by atoms with E-state index in [2.05, 4.69) is 59.4 Å². The van der Waals surface area contributed by atoms with Gasteiger partial charge >= 0.3 is 0 Å². The second-order valence-corrected chi connectivity index (χ2v) is 7.48. The first-order valence-corrected chi connectivity index (χ1v) is 8.79. The minimum atomic E-state index is -0.0664. The average molecular weight is 323 g/mol. The topological polar surface area (TPSA) is 37.4 Å². The summed E-state index contributed by atoms with van der Waals surface area (Å²) < 4.78 is 5.96. The van der Waals surface area contributed by atoms with E-state index in [0.29, 0.717) is 6.04 Å². The fourth-order valence-corrected chi connectivity index (χ4v) is 3.71. The summed E-state index contributed by atoms with van der Waals surface area (Å²) >= 11 is 0. The van der Waals surface area contributed by atoms with Crippen LogP contribution in [-0.4, -0.2) is 29.7 Å². The van der Waals surface area contributed by atoms with Crippen molar-refractivity contribution in [2.75, 3.05) is 18.0 Å². The normalized spacial score (nSPS) is 21.6. The van der Waals surface area contributed by atoms with Crippen molar-refractivity contribution in [3.63, 3.8) is 0 Å². The fraction of sp³-hybridized carbons (Fsp3) is 0.450. The Morgan fingerprint density at radius 2 is 2.21 bits per heavy atom. The number of hydrogen-bond acceptors (Lipinski definition) is 4. The highest BCUT2D eigenvalue weighted by molar-refractivity contribution is 5.42. The van der Waals surface area contributed by atoms with E-state index in [1.807, 2.05) is 12.3 Å². The minimum absolute atomic E-state index is 0.0664. The Hall–Kier alpha value is -2.07. The molecule has 1 aromatic heterocycles. The van der Waals surface area contributed by atoms with Gasteiger partial charge in [0.05, 0.1) is 0 Å². The molecule has 0 amide bonds. The van der Waals surface area contributed by atoms with Crippen LogP contribution in [0.3, 0.4) is 0 Å². The summed E-state index contributed by atoms with van der Waals surface area (Å²) in [5, 5.41) is 3.70. The molecule has 0 saturated carbocycles. The predicted octanol–water partition coefficient (Wildman–Crippen LogP) is 3.16. The smallest absolute Gasteiger partial charge is 0.128 e. The van der Waals surface area contributed by atoms with Gasteiger partial charge in [0.1, 0.15) is 17.2 Å². The molecule has 4 rings (SSSR count). The molecule has 1 fully saturated rings. The van der Waals surface area contributed by atoms with Crippen molar-refractivity contribution in [3.05, 3.63) is 53.7 Å². The molecule has 0 bridgehead atoms. The van der Waals surface area contributed by atoms with E-state index < -0.39 is 0 Å². The molecule has 0 aliphatic carbocycles. The molecule has 126 valence electrons. The molecule has 4 nitrogen and oxygen atoms in total. The maximum atomic E-state index is 5.96. The molecule has 24 heavy (non-hydrogen) atoms. The van der Waals surface area contributed by atoms with Crippen LogP contribution in [0.25, 0.3) is 0 Å². The van der Waals surface area contributed by atoms with Gasteiger partial charge in [-0.25, -0.2) is 4.98 Å². The number of rotatable bonds is 4. The first-order chi connectivity index (χ1) is 11.6. The Morgan fingerprint density at radius 1 is 1.29 bits per heavy atom. The van der Waals surface area contributed by atoms with Gasteiger partial charge in [-0.15, -0.1) is 0 Å². The van der Waals surface area contributed by atoms with Crippen LogP contribution in [0.15, 0.2) is 42.6 Å². The number of ether oxygens (including phenoxy) is 1. The van der Waals surface area contributed by atoms with Crippen LogP contribution >= 0.6 is 0 Å². The molecular formula is C20H25N3O. The Bertz CT molecular complexity index is 714. The Kier molecular flexibility index (Phi) is 3.93. The Balaban J connectivity index is 1.34. The third-order valence-corrected chi connectivity index (χ3v) is 4.88. The zero-order chi connectivity index (χ0) is 16.6. The molecule has 2 aliphatic heterocycles. The summed E-state index contributed by atoms with van der Waals surface area (Å²) in [7, 11) is 0. The molecule has 1 N–H and O–H groups in total. The quantitative estimate of drug-likeness (QED) is 0.938. The highest BCUT2D eigenvalue weighted by Crippen LogP contribution is 2.35. The molecule has 1 atom stereocenters. The molecule has 2 aromatic rings. The van der Waals surface area contributed by atoms with Crippen molar-refractivity contribution < 1.29 is 4.74 Å². The molecule has 4 heteroatoms. The molecular weight excluding hydrogens is 298 g/mol. The number of aromatic nitrogens is 1. The maximum Gasteiger partial charge on any atom is 0.128 e. The van der Waals surface area contributed by atoms with Crippen LogP contribution in [0.5, 0.6) is 5.75 Å². The van der Waals surface area contributed by atoms with Gasteiger partial charge in [0.2, 0.25) is 0 Å². The minimum Gasteiger partial charge on any atom is -0.487 e. The van der Waals surface area contributed by atoms with Gasteiger partial charge in [-0.2, -0.15) is 0 Å². The molecule has 1 unspecified atom stereocenters. The number of anilines is 1. The van der Waals surface area contributed by atoms with Crippen LogP contribution in [0.2, 0.25) is 0 Å². The lowest BCUT2D eigenvalue weighted by Gasteiger charge is -2.18. The van der Waals surface area contributed by atoms with Crippen molar-refractivity contribution in [2.45, 2.75) is 44.9 Å². The second-order valence-electron chi connectivity index (χ2n) is 7.48. The highest BCUT2D eigenvalue weighted by Gasteiger charge is 2.30. The van der Waals surface area contributed by atoms with E-state index in [1.54, 1.807) is 0 Å². The van der Waals surface area contributed by atoms with Crippen molar-refractivity contribution in [2.24, 2.45) is 0 Å². The first kappa shape index (κ1) is 15.5. The predicted molar refractivity (Wildman–Crippen MR) is 96.5 cm³/mol. The van der Waals surface area contributed by atoms with E-state index in [9.17, 15) is 0 Å². The maximum absolute atomic E-state index is 5.96. The molecule has 2 aliphatic rings.